The molecular formula is C11H23NO2. The third kappa shape index (κ3) is 3.95. The van der Waals surface area contributed by atoms with Crippen LogP contribution in [0.3, 0.4) is 0 Å². The van der Waals surface area contributed by atoms with Crippen LogP contribution in [0.25, 0.3) is 0 Å². The van der Waals surface area contributed by atoms with Crippen LogP contribution in [0.2, 0.25) is 0 Å². The van der Waals surface area contributed by atoms with Crippen LogP contribution in [0, 0.1) is 0 Å². The van der Waals surface area contributed by atoms with Gasteiger partial charge in [-0.05, 0) is 32.6 Å². The van der Waals surface area contributed by atoms with E-state index in [1.165, 1.54) is 6.42 Å². The molecule has 0 aromatic rings. The Hall–Kier alpha value is -0.120. The maximum Gasteiger partial charge on any atom is 0.0591 e. The summed E-state index contributed by atoms with van der Waals surface area (Å²) in [5.41, 5.74) is 0. The van der Waals surface area contributed by atoms with E-state index >= 15 is 0 Å². The Morgan fingerprint density at radius 3 is 2.86 bits per heavy atom. The maximum atomic E-state index is 9.21. The van der Waals surface area contributed by atoms with Gasteiger partial charge in [0, 0.05) is 18.7 Å². The molecule has 1 heterocycles. The standard InChI is InChI=1S/C11H23NO2/c1-3-9(2)12-10(8-13)7-11-5-4-6-14-11/h9-13H,3-8H2,1-2H3. The molecule has 0 radical (unpaired) electrons. The van der Waals surface area contributed by atoms with Crippen molar-refractivity contribution < 1.29 is 9.84 Å². The van der Waals surface area contributed by atoms with Crippen molar-refractivity contribution in [3.63, 3.8) is 0 Å². The maximum absolute atomic E-state index is 9.21. The van der Waals surface area contributed by atoms with E-state index in [4.69, 9.17) is 4.74 Å². The van der Waals surface area contributed by atoms with E-state index in [0.717, 1.165) is 25.9 Å². The zero-order valence-corrected chi connectivity index (χ0v) is 9.33. The second-order valence-corrected chi connectivity index (χ2v) is 4.23. The summed E-state index contributed by atoms with van der Waals surface area (Å²) in [6, 6.07) is 0.682. The molecule has 0 bridgehead atoms. The number of aliphatic hydroxyl groups excluding tert-OH is 1. The molecule has 0 amide bonds. The molecular weight excluding hydrogens is 178 g/mol. The van der Waals surface area contributed by atoms with Gasteiger partial charge in [0.05, 0.1) is 12.7 Å². The van der Waals surface area contributed by atoms with Gasteiger partial charge in [0.2, 0.25) is 0 Å². The summed E-state index contributed by atoms with van der Waals surface area (Å²) in [5.74, 6) is 0. The second-order valence-electron chi connectivity index (χ2n) is 4.23. The molecule has 0 saturated carbocycles. The van der Waals surface area contributed by atoms with Gasteiger partial charge in [0.15, 0.2) is 0 Å². The summed E-state index contributed by atoms with van der Waals surface area (Å²) >= 11 is 0. The van der Waals surface area contributed by atoms with Crippen LogP contribution in [-0.4, -0.2) is 36.5 Å². The molecule has 3 nitrogen and oxygen atoms in total. The fourth-order valence-corrected chi connectivity index (χ4v) is 1.86. The lowest BCUT2D eigenvalue weighted by atomic mass is 10.1. The number of rotatable bonds is 6. The van der Waals surface area contributed by atoms with Crippen molar-refractivity contribution in [2.75, 3.05) is 13.2 Å². The summed E-state index contributed by atoms with van der Waals surface area (Å²) in [6.45, 7) is 5.41. The zero-order valence-electron chi connectivity index (χ0n) is 9.33. The third-order valence-electron chi connectivity index (χ3n) is 2.92. The normalized spacial score (nSPS) is 26.4. The highest BCUT2D eigenvalue weighted by atomic mass is 16.5. The van der Waals surface area contributed by atoms with E-state index in [-0.39, 0.29) is 12.6 Å². The molecule has 3 unspecified atom stereocenters. The summed E-state index contributed by atoms with van der Waals surface area (Å²) < 4.78 is 5.55. The quantitative estimate of drug-likeness (QED) is 0.680. The number of nitrogens with one attached hydrogen (secondary N) is 1. The molecule has 14 heavy (non-hydrogen) atoms. The van der Waals surface area contributed by atoms with Crippen LogP contribution in [0.5, 0.6) is 0 Å². The lowest BCUT2D eigenvalue weighted by molar-refractivity contribution is 0.0829. The van der Waals surface area contributed by atoms with E-state index in [1.807, 2.05) is 0 Å². The lowest BCUT2D eigenvalue weighted by Crippen LogP contribution is -2.40. The van der Waals surface area contributed by atoms with Crippen molar-refractivity contribution in [1.82, 2.24) is 5.32 Å². The predicted octanol–water partition coefficient (Wildman–Crippen LogP) is 1.30. The molecule has 1 aliphatic heterocycles. The van der Waals surface area contributed by atoms with Gasteiger partial charge in [-0.1, -0.05) is 6.92 Å². The first-order valence-corrected chi connectivity index (χ1v) is 5.74. The first-order valence-electron chi connectivity index (χ1n) is 5.74. The van der Waals surface area contributed by atoms with Gasteiger partial charge < -0.3 is 15.2 Å². The molecule has 1 saturated heterocycles. The molecule has 3 heteroatoms. The van der Waals surface area contributed by atoms with Crippen molar-refractivity contribution in [2.24, 2.45) is 0 Å². The van der Waals surface area contributed by atoms with E-state index in [0.29, 0.717) is 12.1 Å². The van der Waals surface area contributed by atoms with Gasteiger partial charge in [0.1, 0.15) is 0 Å². The van der Waals surface area contributed by atoms with Gasteiger partial charge >= 0.3 is 0 Å². The SMILES string of the molecule is CCC(C)NC(CO)CC1CCCO1. The Morgan fingerprint density at radius 1 is 1.57 bits per heavy atom. The van der Waals surface area contributed by atoms with Crippen LogP contribution < -0.4 is 5.32 Å². The number of aliphatic hydroxyl groups is 1. The molecule has 2 N–H and O–H groups in total. The minimum atomic E-state index is 0.202. The Labute approximate surface area is 86.8 Å². The molecule has 0 aromatic carbocycles. The van der Waals surface area contributed by atoms with Crippen molar-refractivity contribution in [3.8, 4) is 0 Å². The molecule has 84 valence electrons. The van der Waals surface area contributed by atoms with Crippen molar-refractivity contribution in [1.29, 1.82) is 0 Å². The molecule has 0 spiro atoms. The third-order valence-corrected chi connectivity index (χ3v) is 2.92. The average Bonchev–Trinajstić information content (AvgIpc) is 2.69. The molecule has 1 aliphatic rings. The summed E-state index contributed by atoms with van der Waals surface area (Å²) in [6.07, 6.45) is 4.73. The highest BCUT2D eigenvalue weighted by Crippen LogP contribution is 2.17. The lowest BCUT2D eigenvalue weighted by Gasteiger charge is -2.23. The summed E-state index contributed by atoms with van der Waals surface area (Å²) in [5, 5.41) is 12.6. The largest absolute Gasteiger partial charge is 0.395 e. The highest BCUT2D eigenvalue weighted by molar-refractivity contribution is 4.76. The molecule has 0 aliphatic carbocycles. The van der Waals surface area contributed by atoms with Crippen LogP contribution >= 0.6 is 0 Å². The summed E-state index contributed by atoms with van der Waals surface area (Å²) in [4.78, 5) is 0. The predicted molar refractivity (Wildman–Crippen MR) is 57.4 cm³/mol. The molecule has 0 aromatic heterocycles. The number of hydrogen-bond acceptors (Lipinski definition) is 3. The Morgan fingerprint density at radius 2 is 2.36 bits per heavy atom. The number of hydrogen-bond donors (Lipinski definition) is 2. The zero-order chi connectivity index (χ0) is 10.4. The van der Waals surface area contributed by atoms with Gasteiger partial charge in [-0.15, -0.1) is 0 Å². The Balaban J connectivity index is 2.22. The topological polar surface area (TPSA) is 41.5 Å². The minimum Gasteiger partial charge on any atom is -0.395 e. The van der Waals surface area contributed by atoms with Crippen molar-refractivity contribution in [3.05, 3.63) is 0 Å². The average molecular weight is 201 g/mol. The molecule has 3 atom stereocenters. The van der Waals surface area contributed by atoms with E-state index < -0.39 is 0 Å². The smallest absolute Gasteiger partial charge is 0.0591 e. The number of ether oxygens (including phenoxy) is 1. The van der Waals surface area contributed by atoms with Gasteiger partial charge in [-0.25, -0.2) is 0 Å². The first-order chi connectivity index (χ1) is 6.76. The van der Waals surface area contributed by atoms with Crippen molar-refractivity contribution in [2.45, 2.75) is 57.7 Å². The fraction of sp³-hybridized carbons (Fsp3) is 1.00. The van der Waals surface area contributed by atoms with E-state index in [1.54, 1.807) is 0 Å². The van der Waals surface area contributed by atoms with Crippen LogP contribution in [0.1, 0.15) is 39.5 Å². The van der Waals surface area contributed by atoms with Gasteiger partial charge in [-0.3, -0.25) is 0 Å². The van der Waals surface area contributed by atoms with E-state index in [9.17, 15) is 5.11 Å². The first kappa shape index (κ1) is 12.0. The van der Waals surface area contributed by atoms with Crippen LogP contribution in [0.4, 0.5) is 0 Å². The summed E-state index contributed by atoms with van der Waals surface area (Å²) in [7, 11) is 0. The fourth-order valence-electron chi connectivity index (χ4n) is 1.86. The Bertz CT molecular complexity index is 146. The van der Waals surface area contributed by atoms with E-state index in [2.05, 4.69) is 19.2 Å². The monoisotopic (exact) mass is 201 g/mol. The minimum absolute atomic E-state index is 0.202. The Kier molecular flexibility index (Phi) is 5.45. The van der Waals surface area contributed by atoms with Crippen LogP contribution in [-0.2, 0) is 4.74 Å². The van der Waals surface area contributed by atoms with Crippen LogP contribution in [0.15, 0.2) is 0 Å². The second kappa shape index (κ2) is 6.38. The molecule has 1 fully saturated rings. The van der Waals surface area contributed by atoms with Gasteiger partial charge in [-0.2, -0.15) is 0 Å². The van der Waals surface area contributed by atoms with Gasteiger partial charge in [0.25, 0.3) is 0 Å². The molecule has 1 rings (SSSR count). The van der Waals surface area contributed by atoms with Crippen molar-refractivity contribution >= 4 is 0 Å². The highest BCUT2D eigenvalue weighted by Gasteiger charge is 2.20.